The van der Waals surface area contributed by atoms with Gasteiger partial charge in [0, 0.05) is 11.6 Å². The standard InChI is InChI=1S/C34H31FN2O8/c1-18-15-25(19(2)45-18)31(38)28-29(20-5-12-24(42-4)13-6-20)34(3,32(39)40)37(33(41)36-23-10-8-22(35)9-11-23)30(28)21-7-14-26-27(16-21)44-17-43-26/h5-16,28-30H,17H2,1-4H3,(H,36,41)(H,39,40). The summed E-state index contributed by atoms with van der Waals surface area (Å²) in [6, 6.07) is 16.7. The number of rotatable bonds is 7. The molecule has 0 aliphatic carbocycles. The fourth-order valence-corrected chi connectivity index (χ4v) is 6.57. The molecule has 1 fully saturated rings. The molecule has 11 heteroatoms. The Morgan fingerprint density at radius 1 is 0.956 bits per heavy atom. The number of carboxylic acid groups (broad SMARTS) is 1. The molecule has 0 spiro atoms. The fourth-order valence-electron chi connectivity index (χ4n) is 6.57. The molecular weight excluding hydrogens is 583 g/mol. The van der Waals surface area contributed by atoms with Gasteiger partial charge >= 0.3 is 12.0 Å². The summed E-state index contributed by atoms with van der Waals surface area (Å²) < 4.78 is 35.9. The number of ketones is 1. The molecule has 6 rings (SSSR count). The van der Waals surface area contributed by atoms with Gasteiger partial charge in [0.25, 0.3) is 0 Å². The lowest BCUT2D eigenvalue weighted by Crippen LogP contribution is -2.55. The number of ether oxygens (including phenoxy) is 3. The summed E-state index contributed by atoms with van der Waals surface area (Å²) in [7, 11) is 1.51. The lowest BCUT2D eigenvalue weighted by atomic mass is 9.71. The van der Waals surface area contributed by atoms with E-state index in [2.05, 4.69) is 5.32 Å². The van der Waals surface area contributed by atoms with Gasteiger partial charge in [-0.2, -0.15) is 0 Å². The van der Waals surface area contributed by atoms with Crippen LogP contribution in [0.4, 0.5) is 14.9 Å². The number of carbonyl (C=O) groups excluding carboxylic acids is 2. The highest BCUT2D eigenvalue weighted by atomic mass is 19.1. The monoisotopic (exact) mass is 614 g/mol. The van der Waals surface area contributed by atoms with Gasteiger partial charge in [-0.05, 0) is 86.5 Å². The summed E-state index contributed by atoms with van der Waals surface area (Å²) in [6.07, 6.45) is 0. The van der Waals surface area contributed by atoms with E-state index in [9.17, 15) is 23.9 Å². The van der Waals surface area contributed by atoms with E-state index in [0.717, 1.165) is 0 Å². The van der Waals surface area contributed by atoms with E-state index >= 15 is 0 Å². The number of urea groups is 1. The van der Waals surface area contributed by atoms with Crippen molar-refractivity contribution in [3.8, 4) is 17.2 Å². The zero-order valence-electron chi connectivity index (χ0n) is 25.0. The number of halogens is 1. The van der Waals surface area contributed by atoms with E-state index in [1.54, 1.807) is 62.4 Å². The summed E-state index contributed by atoms with van der Waals surface area (Å²) >= 11 is 0. The fraction of sp³-hybridized carbons (Fsp3) is 0.265. The Bertz CT molecular complexity index is 1780. The predicted molar refractivity (Wildman–Crippen MR) is 160 cm³/mol. The van der Waals surface area contributed by atoms with Gasteiger partial charge in [-0.25, -0.2) is 14.0 Å². The van der Waals surface area contributed by atoms with Gasteiger partial charge in [0.15, 0.2) is 17.3 Å². The number of amides is 2. The first-order valence-corrected chi connectivity index (χ1v) is 14.3. The minimum atomic E-state index is -1.97. The Kier molecular flexibility index (Phi) is 7.47. The first-order valence-electron chi connectivity index (χ1n) is 14.3. The van der Waals surface area contributed by atoms with Gasteiger partial charge in [-0.15, -0.1) is 0 Å². The number of anilines is 1. The molecule has 2 N–H and O–H groups in total. The van der Waals surface area contributed by atoms with Crippen molar-refractivity contribution >= 4 is 23.5 Å². The Labute approximate surface area is 258 Å². The molecule has 0 bridgehead atoms. The molecule has 0 radical (unpaired) electrons. The maximum atomic E-state index is 14.7. The molecule has 3 heterocycles. The normalized spacial score (nSPS) is 21.9. The number of nitrogens with zero attached hydrogens (tertiary/aromatic N) is 1. The van der Waals surface area contributed by atoms with Crippen molar-refractivity contribution in [2.75, 3.05) is 19.2 Å². The molecule has 0 saturated carbocycles. The van der Waals surface area contributed by atoms with Crippen LogP contribution in [0.1, 0.15) is 51.9 Å². The van der Waals surface area contributed by atoms with Crippen LogP contribution < -0.4 is 19.5 Å². The lowest BCUT2D eigenvalue weighted by molar-refractivity contribution is -0.148. The molecule has 45 heavy (non-hydrogen) atoms. The van der Waals surface area contributed by atoms with Crippen LogP contribution in [0.15, 0.2) is 77.2 Å². The number of methoxy groups -OCH3 is 1. The molecule has 1 aromatic heterocycles. The van der Waals surface area contributed by atoms with Gasteiger partial charge in [0.05, 0.1) is 24.6 Å². The molecule has 4 unspecified atom stereocenters. The highest BCUT2D eigenvalue weighted by Crippen LogP contribution is 2.57. The number of fused-ring (bicyclic) bond motifs is 1. The van der Waals surface area contributed by atoms with E-state index in [4.69, 9.17) is 18.6 Å². The van der Waals surface area contributed by atoms with Crippen molar-refractivity contribution in [2.24, 2.45) is 5.92 Å². The largest absolute Gasteiger partial charge is 0.497 e. The number of likely N-dealkylation sites (tertiary alicyclic amines) is 1. The van der Waals surface area contributed by atoms with Gasteiger partial charge in [-0.1, -0.05) is 18.2 Å². The van der Waals surface area contributed by atoms with Gasteiger partial charge < -0.3 is 29.1 Å². The quantitative estimate of drug-likeness (QED) is 0.226. The minimum absolute atomic E-state index is 0.00458. The highest BCUT2D eigenvalue weighted by molar-refractivity contribution is 6.04. The second kappa shape index (κ2) is 11.3. The number of carboxylic acids is 1. The van der Waals surface area contributed by atoms with Crippen LogP contribution in [0.3, 0.4) is 0 Å². The van der Waals surface area contributed by atoms with Gasteiger partial charge in [0.2, 0.25) is 6.79 Å². The number of carbonyl (C=O) groups is 3. The molecule has 4 aromatic rings. The van der Waals surface area contributed by atoms with Crippen molar-refractivity contribution in [3.63, 3.8) is 0 Å². The molecule has 2 aliphatic rings. The maximum absolute atomic E-state index is 14.7. The first-order chi connectivity index (χ1) is 21.5. The second-order valence-electron chi connectivity index (χ2n) is 11.3. The van der Waals surface area contributed by atoms with Crippen molar-refractivity contribution in [2.45, 2.75) is 38.3 Å². The van der Waals surface area contributed by atoms with E-state index in [1.165, 1.54) is 43.2 Å². The molecule has 4 atom stereocenters. The average Bonchev–Trinajstić information content (AvgIpc) is 3.71. The smallest absolute Gasteiger partial charge is 0.330 e. The molecule has 2 amide bonds. The Hall–Kier alpha value is -5.32. The third-order valence-corrected chi connectivity index (χ3v) is 8.65. The Balaban J connectivity index is 1.60. The average molecular weight is 615 g/mol. The highest BCUT2D eigenvalue weighted by Gasteiger charge is 2.65. The molecule has 10 nitrogen and oxygen atoms in total. The van der Waals surface area contributed by atoms with E-state index in [0.29, 0.717) is 39.9 Å². The van der Waals surface area contributed by atoms with Crippen LogP contribution >= 0.6 is 0 Å². The van der Waals surface area contributed by atoms with E-state index in [1.807, 2.05) is 0 Å². The third-order valence-electron chi connectivity index (χ3n) is 8.65. The summed E-state index contributed by atoms with van der Waals surface area (Å²) in [5.41, 5.74) is -0.453. The second-order valence-corrected chi connectivity index (χ2v) is 11.3. The third kappa shape index (κ3) is 5.03. The minimum Gasteiger partial charge on any atom is -0.497 e. The van der Waals surface area contributed by atoms with Crippen LogP contribution in [0.5, 0.6) is 17.2 Å². The van der Waals surface area contributed by atoms with Crippen molar-refractivity contribution in [3.05, 3.63) is 107 Å². The number of hydrogen-bond donors (Lipinski definition) is 2. The van der Waals surface area contributed by atoms with Gasteiger partial charge in [0.1, 0.15) is 28.6 Å². The molecule has 232 valence electrons. The van der Waals surface area contributed by atoms with Gasteiger partial charge in [-0.3, -0.25) is 9.69 Å². The van der Waals surface area contributed by atoms with Crippen molar-refractivity contribution < 1.29 is 42.5 Å². The summed E-state index contributed by atoms with van der Waals surface area (Å²) in [6.45, 7) is 4.83. The van der Waals surface area contributed by atoms with Crippen molar-refractivity contribution in [1.82, 2.24) is 4.90 Å². The van der Waals surface area contributed by atoms with Crippen LogP contribution in [-0.2, 0) is 4.79 Å². The summed E-state index contributed by atoms with van der Waals surface area (Å²) in [5.74, 6) is -2.05. The number of hydrogen-bond acceptors (Lipinski definition) is 7. The van der Waals surface area contributed by atoms with Crippen LogP contribution in [0.25, 0.3) is 0 Å². The SMILES string of the molecule is COc1ccc(C2C(C(=O)c3cc(C)oc3C)C(c3ccc4c(c3)OCO4)N(C(=O)Nc3ccc(F)cc3)C2(C)C(=O)O)cc1. The maximum Gasteiger partial charge on any atom is 0.330 e. The number of Topliss-reactive ketones (excluding diaryl/α,β-unsaturated/α-hetero) is 1. The number of aryl methyl sites for hydroxylation is 2. The van der Waals surface area contributed by atoms with Crippen LogP contribution in [-0.4, -0.2) is 47.2 Å². The van der Waals surface area contributed by atoms with Crippen LogP contribution in [0.2, 0.25) is 0 Å². The Morgan fingerprint density at radius 2 is 1.62 bits per heavy atom. The Morgan fingerprint density at radius 3 is 2.24 bits per heavy atom. The summed E-state index contributed by atoms with van der Waals surface area (Å²) in [5, 5.41) is 13.7. The molecule has 1 saturated heterocycles. The number of benzene rings is 3. The summed E-state index contributed by atoms with van der Waals surface area (Å²) in [4.78, 5) is 43.8. The van der Waals surface area contributed by atoms with E-state index < -0.39 is 47.0 Å². The zero-order valence-corrected chi connectivity index (χ0v) is 25.0. The molecule has 3 aromatic carbocycles. The lowest BCUT2D eigenvalue weighted by Gasteiger charge is -2.37. The first kappa shape index (κ1) is 29.7. The molecular formula is C34H31FN2O8. The molecule has 2 aliphatic heterocycles. The number of aliphatic carboxylic acids is 1. The number of furan rings is 1. The van der Waals surface area contributed by atoms with E-state index in [-0.39, 0.29) is 18.0 Å². The predicted octanol–water partition coefficient (Wildman–Crippen LogP) is 6.49. The van der Waals surface area contributed by atoms with Crippen molar-refractivity contribution in [1.29, 1.82) is 0 Å². The topological polar surface area (TPSA) is 128 Å². The zero-order chi connectivity index (χ0) is 32.0. The number of nitrogens with one attached hydrogen (secondary N) is 1. The van der Waals surface area contributed by atoms with Crippen LogP contribution in [0, 0.1) is 25.6 Å².